The minimum Gasteiger partial charge on any atom is -0.497 e. The lowest BCUT2D eigenvalue weighted by Crippen LogP contribution is -2.09. The molecule has 0 atom stereocenters. The van der Waals surface area contributed by atoms with Gasteiger partial charge in [0.05, 0.1) is 18.5 Å². The van der Waals surface area contributed by atoms with Crippen LogP contribution in [0.15, 0.2) is 47.8 Å². The van der Waals surface area contributed by atoms with Crippen LogP contribution in [-0.4, -0.2) is 23.9 Å². The first-order chi connectivity index (χ1) is 13.4. The largest absolute Gasteiger partial charge is 0.497 e. The topological polar surface area (TPSA) is 92.3 Å². The van der Waals surface area contributed by atoms with Crippen molar-refractivity contribution in [2.24, 2.45) is 0 Å². The first-order valence-corrected chi connectivity index (χ1v) is 9.39. The zero-order valence-electron chi connectivity index (χ0n) is 15.7. The van der Waals surface area contributed by atoms with E-state index in [1.807, 2.05) is 35.7 Å². The second-order valence-corrected chi connectivity index (χ2v) is 6.87. The van der Waals surface area contributed by atoms with Gasteiger partial charge in [0.2, 0.25) is 11.8 Å². The van der Waals surface area contributed by atoms with Crippen LogP contribution >= 0.6 is 11.3 Å². The molecule has 28 heavy (non-hydrogen) atoms. The van der Waals surface area contributed by atoms with Gasteiger partial charge in [0.1, 0.15) is 5.75 Å². The molecule has 3 rings (SSSR count). The molecular formula is C20H20N4O3S. The number of nitrogens with zero attached hydrogens (tertiary/aromatic N) is 1. The fraction of sp³-hybridized carbons (Fsp3) is 0.150. The molecule has 0 saturated heterocycles. The smallest absolute Gasteiger partial charge is 0.221 e. The van der Waals surface area contributed by atoms with Crippen molar-refractivity contribution in [1.82, 2.24) is 4.98 Å². The number of methoxy groups -OCH3 is 1. The monoisotopic (exact) mass is 396 g/mol. The summed E-state index contributed by atoms with van der Waals surface area (Å²) in [5, 5.41) is 11.4. The van der Waals surface area contributed by atoms with Crippen LogP contribution in [-0.2, 0) is 9.59 Å². The maximum absolute atomic E-state index is 11.6. The zero-order valence-corrected chi connectivity index (χ0v) is 16.5. The molecule has 0 aliphatic carbocycles. The van der Waals surface area contributed by atoms with Gasteiger partial charge in [0.25, 0.3) is 0 Å². The SMILES string of the molecule is COc1ccc(Nc2nc(-c3ccc(NC(C)=O)cc3NC(C)=O)cs2)cc1. The molecule has 0 bridgehead atoms. The van der Waals surface area contributed by atoms with Gasteiger partial charge >= 0.3 is 0 Å². The summed E-state index contributed by atoms with van der Waals surface area (Å²) in [7, 11) is 1.62. The van der Waals surface area contributed by atoms with Gasteiger partial charge in [-0.2, -0.15) is 0 Å². The fourth-order valence-corrected chi connectivity index (χ4v) is 3.33. The summed E-state index contributed by atoms with van der Waals surface area (Å²) in [6.07, 6.45) is 0. The molecule has 0 radical (unpaired) electrons. The van der Waals surface area contributed by atoms with Crippen LogP contribution in [0.1, 0.15) is 13.8 Å². The van der Waals surface area contributed by atoms with E-state index >= 15 is 0 Å². The van der Waals surface area contributed by atoms with E-state index in [4.69, 9.17) is 4.74 Å². The number of aromatic nitrogens is 1. The summed E-state index contributed by atoms with van der Waals surface area (Å²) in [5.41, 5.74) is 3.57. The highest BCUT2D eigenvalue weighted by Crippen LogP contribution is 2.34. The lowest BCUT2D eigenvalue weighted by molar-refractivity contribution is -0.115. The Balaban J connectivity index is 1.86. The van der Waals surface area contributed by atoms with Crippen LogP contribution in [0, 0.1) is 0 Å². The van der Waals surface area contributed by atoms with Crippen molar-refractivity contribution in [2.45, 2.75) is 13.8 Å². The highest BCUT2D eigenvalue weighted by molar-refractivity contribution is 7.14. The third-order valence-electron chi connectivity index (χ3n) is 3.77. The van der Waals surface area contributed by atoms with E-state index in [2.05, 4.69) is 20.9 Å². The number of amides is 2. The van der Waals surface area contributed by atoms with Gasteiger partial charge in [0.15, 0.2) is 5.13 Å². The number of hydrogen-bond acceptors (Lipinski definition) is 6. The van der Waals surface area contributed by atoms with Gasteiger partial charge in [-0.3, -0.25) is 9.59 Å². The molecule has 1 heterocycles. The lowest BCUT2D eigenvalue weighted by atomic mass is 10.1. The second-order valence-electron chi connectivity index (χ2n) is 6.01. The minimum atomic E-state index is -0.201. The lowest BCUT2D eigenvalue weighted by Gasteiger charge is -2.11. The van der Waals surface area contributed by atoms with Gasteiger partial charge in [-0.15, -0.1) is 11.3 Å². The number of rotatable bonds is 6. The van der Waals surface area contributed by atoms with Crippen molar-refractivity contribution in [2.75, 3.05) is 23.1 Å². The molecule has 1 aromatic heterocycles. The van der Waals surface area contributed by atoms with Crippen LogP contribution in [0.5, 0.6) is 5.75 Å². The van der Waals surface area contributed by atoms with Gasteiger partial charge < -0.3 is 20.7 Å². The van der Waals surface area contributed by atoms with E-state index in [-0.39, 0.29) is 11.8 Å². The number of hydrogen-bond donors (Lipinski definition) is 3. The van der Waals surface area contributed by atoms with Gasteiger partial charge in [-0.25, -0.2) is 4.98 Å². The van der Waals surface area contributed by atoms with E-state index in [0.717, 1.165) is 27.8 Å². The average molecular weight is 396 g/mol. The molecule has 0 aliphatic rings. The molecule has 3 N–H and O–H groups in total. The second kappa shape index (κ2) is 8.53. The first kappa shape index (κ1) is 19.4. The third kappa shape index (κ3) is 4.86. The Hall–Kier alpha value is -3.39. The maximum Gasteiger partial charge on any atom is 0.221 e. The number of nitrogens with one attached hydrogen (secondary N) is 3. The summed E-state index contributed by atoms with van der Waals surface area (Å²) >= 11 is 1.46. The van der Waals surface area contributed by atoms with E-state index in [9.17, 15) is 9.59 Å². The molecule has 0 saturated carbocycles. The summed E-state index contributed by atoms with van der Waals surface area (Å²) in [4.78, 5) is 27.5. The molecule has 3 aromatic rings. The maximum atomic E-state index is 11.6. The van der Waals surface area contributed by atoms with Crippen LogP contribution in [0.25, 0.3) is 11.3 Å². The zero-order chi connectivity index (χ0) is 20.1. The summed E-state index contributed by atoms with van der Waals surface area (Å²) in [6.45, 7) is 2.87. The number of thiazole rings is 1. The van der Waals surface area contributed by atoms with E-state index < -0.39 is 0 Å². The van der Waals surface area contributed by atoms with Crippen molar-refractivity contribution >= 4 is 45.3 Å². The van der Waals surface area contributed by atoms with Gasteiger partial charge in [-0.05, 0) is 42.5 Å². The molecule has 2 aromatic carbocycles. The molecule has 0 aliphatic heterocycles. The molecule has 8 heteroatoms. The van der Waals surface area contributed by atoms with Crippen LogP contribution in [0.4, 0.5) is 22.2 Å². The van der Waals surface area contributed by atoms with Gasteiger partial charge in [-0.1, -0.05) is 0 Å². The molecule has 2 amide bonds. The van der Waals surface area contributed by atoms with Crippen molar-refractivity contribution < 1.29 is 14.3 Å². The predicted molar refractivity (Wildman–Crippen MR) is 112 cm³/mol. The highest BCUT2D eigenvalue weighted by Gasteiger charge is 2.12. The van der Waals surface area contributed by atoms with E-state index in [1.165, 1.54) is 25.2 Å². The molecule has 144 valence electrons. The summed E-state index contributed by atoms with van der Waals surface area (Å²) in [5.74, 6) is 0.402. The van der Waals surface area contributed by atoms with E-state index in [0.29, 0.717) is 11.4 Å². The van der Waals surface area contributed by atoms with E-state index in [1.54, 1.807) is 19.2 Å². The normalized spacial score (nSPS) is 10.2. The highest BCUT2D eigenvalue weighted by atomic mass is 32.1. The molecule has 0 spiro atoms. The van der Waals surface area contributed by atoms with Crippen LogP contribution < -0.4 is 20.7 Å². The quantitative estimate of drug-likeness (QED) is 0.571. The molecule has 7 nitrogen and oxygen atoms in total. The Morgan fingerprint density at radius 3 is 2.29 bits per heavy atom. The Labute approximate surface area is 166 Å². The Bertz CT molecular complexity index is 999. The predicted octanol–water partition coefficient (Wildman–Crippen LogP) is 4.48. The number of benzene rings is 2. The van der Waals surface area contributed by atoms with Crippen molar-refractivity contribution in [3.05, 3.63) is 47.8 Å². The Kier molecular flexibility index (Phi) is 5.90. The molecule has 0 fully saturated rings. The van der Waals surface area contributed by atoms with Crippen molar-refractivity contribution in [3.63, 3.8) is 0 Å². The number of carbonyl (C=O) groups excluding carboxylic acids is 2. The number of anilines is 4. The Morgan fingerprint density at radius 1 is 0.964 bits per heavy atom. The van der Waals surface area contributed by atoms with Crippen LogP contribution in [0.3, 0.4) is 0 Å². The fourth-order valence-electron chi connectivity index (χ4n) is 2.59. The standard InChI is InChI=1S/C20H20N4O3S/c1-12(25)21-15-6-9-17(18(10-15)22-13(2)26)19-11-28-20(24-19)23-14-4-7-16(27-3)8-5-14/h4-11H,1-3H3,(H,21,25)(H,22,26)(H,23,24). The minimum absolute atomic E-state index is 0.179. The van der Waals surface area contributed by atoms with Crippen molar-refractivity contribution in [1.29, 1.82) is 0 Å². The first-order valence-electron chi connectivity index (χ1n) is 8.51. The number of ether oxygens (including phenoxy) is 1. The average Bonchev–Trinajstić information content (AvgIpc) is 3.10. The molecule has 0 unspecified atom stereocenters. The summed E-state index contributed by atoms with van der Waals surface area (Å²) < 4.78 is 5.16. The molecular weight excluding hydrogens is 376 g/mol. The van der Waals surface area contributed by atoms with Gasteiger partial charge in [0, 0.05) is 36.2 Å². The van der Waals surface area contributed by atoms with Crippen LogP contribution in [0.2, 0.25) is 0 Å². The Morgan fingerprint density at radius 2 is 1.64 bits per heavy atom. The third-order valence-corrected chi connectivity index (χ3v) is 4.53. The van der Waals surface area contributed by atoms with Crippen molar-refractivity contribution in [3.8, 4) is 17.0 Å². The number of carbonyl (C=O) groups is 2. The summed E-state index contributed by atoms with van der Waals surface area (Å²) in [6, 6.07) is 12.9.